The molecule has 2 heterocycles. The Morgan fingerprint density at radius 1 is 1.23 bits per heavy atom. The highest BCUT2D eigenvalue weighted by Crippen LogP contribution is 2.33. The molecule has 1 N–H and O–H groups in total. The first-order valence-electron chi connectivity index (χ1n) is 9.88. The predicted molar refractivity (Wildman–Crippen MR) is 110 cm³/mol. The topological polar surface area (TPSA) is 79.4 Å². The number of nitrogens with zero attached hydrogens (tertiary/aromatic N) is 2. The molecule has 6 nitrogen and oxygen atoms in total. The molecule has 0 unspecified atom stereocenters. The number of hydrogen-bond donors (Lipinski definition) is 1. The monoisotopic (exact) mass is 455 g/mol. The fourth-order valence-electron chi connectivity index (χ4n) is 4.11. The molecule has 0 radical (unpaired) electrons. The summed E-state index contributed by atoms with van der Waals surface area (Å²) in [4.78, 5) is 19.2. The van der Waals surface area contributed by atoms with Crippen LogP contribution in [0.5, 0.6) is 0 Å². The third-order valence-corrected chi connectivity index (χ3v) is 7.40. The molecule has 2 fully saturated rings. The zero-order chi connectivity index (χ0) is 21.5. The van der Waals surface area contributed by atoms with E-state index in [-0.39, 0.29) is 23.9 Å². The van der Waals surface area contributed by atoms with E-state index >= 15 is 0 Å². The molecule has 1 amide bonds. The number of halogens is 2. The second kappa shape index (κ2) is 8.32. The van der Waals surface area contributed by atoms with Gasteiger partial charge in [-0.3, -0.25) is 4.79 Å². The summed E-state index contributed by atoms with van der Waals surface area (Å²) in [7, 11) is -3.43. The van der Waals surface area contributed by atoms with Crippen LogP contribution in [0.15, 0.2) is 23.6 Å². The number of amides is 1. The lowest BCUT2D eigenvalue weighted by molar-refractivity contribution is -0.139. The van der Waals surface area contributed by atoms with Gasteiger partial charge in [0.25, 0.3) is 0 Å². The van der Waals surface area contributed by atoms with Crippen LogP contribution < -0.4 is 4.72 Å². The van der Waals surface area contributed by atoms with Crippen LogP contribution in [0.3, 0.4) is 0 Å². The van der Waals surface area contributed by atoms with E-state index in [0.717, 1.165) is 31.6 Å². The number of likely N-dealkylation sites (tertiary alicyclic amines) is 1. The van der Waals surface area contributed by atoms with E-state index in [2.05, 4.69) is 9.71 Å². The van der Waals surface area contributed by atoms with Crippen molar-refractivity contribution in [1.29, 1.82) is 0 Å². The Morgan fingerprint density at radius 3 is 2.53 bits per heavy atom. The van der Waals surface area contributed by atoms with Crippen molar-refractivity contribution in [2.75, 3.05) is 12.8 Å². The molecule has 162 valence electrons. The highest BCUT2D eigenvalue weighted by Gasteiger charge is 2.41. The molecule has 1 aliphatic heterocycles. The zero-order valence-corrected chi connectivity index (χ0v) is 18.1. The molecule has 0 bridgehead atoms. The molecular weight excluding hydrogens is 432 g/mol. The molecule has 1 aromatic heterocycles. The second-order valence-corrected chi connectivity index (χ2v) is 10.7. The van der Waals surface area contributed by atoms with Gasteiger partial charge in [0, 0.05) is 41.9 Å². The summed E-state index contributed by atoms with van der Waals surface area (Å²) in [5, 5.41) is 2.27. The van der Waals surface area contributed by atoms with Crippen molar-refractivity contribution in [3.8, 4) is 10.6 Å². The molecular formula is C20H23F2N3O3S2. The Kier molecular flexibility index (Phi) is 5.91. The average Bonchev–Trinajstić information content (AvgIpc) is 3.19. The van der Waals surface area contributed by atoms with Gasteiger partial charge in [0.2, 0.25) is 15.9 Å². The third-order valence-electron chi connectivity index (χ3n) is 5.73. The summed E-state index contributed by atoms with van der Waals surface area (Å²) in [6, 6.07) is 2.53. The van der Waals surface area contributed by atoms with Gasteiger partial charge in [0.15, 0.2) is 0 Å². The van der Waals surface area contributed by atoms with E-state index in [9.17, 15) is 22.0 Å². The Morgan fingerprint density at radius 2 is 1.93 bits per heavy atom. The summed E-state index contributed by atoms with van der Waals surface area (Å²) in [5.74, 6) is -1.25. The third kappa shape index (κ3) is 4.70. The number of carbonyl (C=O) groups excluding carboxylic acids is 1. The lowest BCUT2D eigenvalue weighted by Crippen LogP contribution is -2.49. The number of aromatic nitrogens is 1. The molecule has 2 aromatic rings. The number of hydrogen-bond acceptors (Lipinski definition) is 5. The molecule has 2 aliphatic rings. The maximum atomic E-state index is 13.5. The van der Waals surface area contributed by atoms with Gasteiger partial charge in [-0.15, -0.1) is 11.3 Å². The fourth-order valence-corrected chi connectivity index (χ4v) is 5.75. The number of rotatable bonds is 6. The van der Waals surface area contributed by atoms with E-state index in [0.29, 0.717) is 35.7 Å². The maximum Gasteiger partial charge on any atom is 0.225 e. The fraction of sp³-hybridized carbons (Fsp3) is 0.500. The quantitative estimate of drug-likeness (QED) is 0.726. The van der Waals surface area contributed by atoms with Crippen molar-refractivity contribution in [3.05, 3.63) is 40.9 Å². The van der Waals surface area contributed by atoms with Crippen molar-refractivity contribution in [2.45, 2.75) is 44.2 Å². The summed E-state index contributed by atoms with van der Waals surface area (Å²) >= 11 is 1.26. The Hall–Kier alpha value is -1.91. The molecule has 1 aromatic carbocycles. The van der Waals surface area contributed by atoms with Crippen LogP contribution in [-0.2, 0) is 21.2 Å². The van der Waals surface area contributed by atoms with Gasteiger partial charge in [0.1, 0.15) is 16.6 Å². The van der Waals surface area contributed by atoms with Crippen LogP contribution in [-0.4, -0.2) is 49.1 Å². The number of nitrogens with one attached hydrogen (secondary N) is 1. The van der Waals surface area contributed by atoms with Gasteiger partial charge in [0.05, 0.1) is 18.0 Å². The van der Waals surface area contributed by atoms with Crippen LogP contribution in [0.2, 0.25) is 0 Å². The first-order chi connectivity index (χ1) is 14.2. The smallest absolute Gasteiger partial charge is 0.225 e. The SMILES string of the molecule is CS(=O)(=O)N[C@H]1CCN(C(=O)C2CCC2)[C@H]1Cc1csc(-c2cc(F)cc(F)c2)n1. The standard InChI is InChI=1S/C20H23F2N3O3S2/c1-30(27,28)24-17-5-6-25(20(26)12-3-2-4-12)18(17)10-16-11-29-19(23-16)13-7-14(21)9-15(22)8-13/h7-9,11-12,17-18,24H,2-6,10H2,1H3/t17-,18-/m0/s1. The minimum absolute atomic E-state index is 0.0192. The number of carbonyl (C=O) groups is 1. The van der Waals surface area contributed by atoms with Crippen LogP contribution >= 0.6 is 11.3 Å². The predicted octanol–water partition coefficient (Wildman–Crippen LogP) is 2.95. The minimum atomic E-state index is -3.43. The van der Waals surface area contributed by atoms with Crippen molar-refractivity contribution in [2.24, 2.45) is 5.92 Å². The molecule has 30 heavy (non-hydrogen) atoms. The summed E-state index contributed by atoms with van der Waals surface area (Å²) < 4.78 is 53.4. The van der Waals surface area contributed by atoms with Crippen molar-refractivity contribution in [3.63, 3.8) is 0 Å². The first kappa shape index (κ1) is 21.3. The van der Waals surface area contributed by atoms with E-state index in [1.807, 2.05) is 0 Å². The maximum absolute atomic E-state index is 13.5. The first-order valence-corrected chi connectivity index (χ1v) is 12.7. The lowest BCUT2D eigenvalue weighted by Gasteiger charge is -2.34. The summed E-state index contributed by atoms with van der Waals surface area (Å²) in [5.41, 5.74) is 1.02. The van der Waals surface area contributed by atoms with E-state index in [1.165, 1.54) is 23.5 Å². The number of sulfonamides is 1. The number of thiazole rings is 1. The van der Waals surface area contributed by atoms with Crippen LogP contribution in [0.4, 0.5) is 8.78 Å². The van der Waals surface area contributed by atoms with Crippen LogP contribution in [0.25, 0.3) is 10.6 Å². The normalized spacial score (nSPS) is 22.3. The average molecular weight is 456 g/mol. The summed E-state index contributed by atoms with van der Waals surface area (Å²) in [6.45, 7) is 0.499. The Balaban J connectivity index is 1.57. The highest BCUT2D eigenvalue weighted by molar-refractivity contribution is 7.88. The molecule has 1 saturated heterocycles. The zero-order valence-electron chi connectivity index (χ0n) is 16.5. The Bertz CT molecular complexity index is 1030. The van der Waals surface area contributed by atoms with Gasteiger partial charge in [-0.1, -0.05) is 6.42 Å². The van der Waals surface area contributed by atoms with Crippen LogP contribution in [0, 0.1) is 17.6 Å². The molecule has 1 aliphatic carbocycles. The molecule has 2 atom stereocenters. The molecule has 10 heteroatoms. The van der Waals surface area contributed by atoms with Gasteiger partial charge < -0.3 is 4.90 Å². The van der Waals surface area contributed by atoms with Crippen molar-refractivity contribution >= 4 is 27.3 Å². The van der Waals surface area contributed by atoms with Gasteiger partial charge >= 0.3 is 0 Å². The van der Waals surface area contributed by atoms with Gasteiger partial charge in [-0.25, -0.2) is 26.9 Å². The van der Waals surface area contributed by atoms with Crippen LogP contribution in [0.1, 0.15) is 31.4 Å². The molecule has 4 rings (SSSR count). The number of benzene rings is 1. The molecule has 1 saturated carbocycles. The Labute approximate surface area is 178 Å². The minimum Gasteiger partial charge on any atom is -0.337 e. The van der Waals surface area contributed by atoms with E-state index in [1.54, 1.807) is 10.3 Å². The lowest BCUT2D eigenvalue weighted by atomic mass is 9.84. The van der Waals surface area contributed by atoms with E-state index in [4.69, 9.17) is 0 Å². The highest BCUT2D eigenvalue weighted by atomic mass is 32.2. The van der Waals surface area contributed by atoms with Crippen molar-refractivity contribution in [1.82, 2.24) is 14.6 Å². The second-order valence-electron chi connectivity index (χ2n) is 8.02. The largest absolute Gasteiger partial charge is 0.337 e. The van der Waals surface area contributed by atoms with Crippen molar-refractivity contribution < 1.29 is 22.0 Å². The summed E-state index contributed by atoms with van der Waals surface area (Å²) in [6.07, 6.45) is 4.82. The van der Waals surface area contributed by atoms with E-state index < -0.39 is 21.7 Å². The molecule has 0 spiro atoms. The van der Waals surface area contributed by atoms with Gasteiger partial charge in [-0.2, -0.15) is 0 Å². The van der Waals surface area contributed by atoms with Gasteiger partial charge in [-0.05, 0) is 31.4 Å².